The highest BCUT2D eigenvalue weighted by atomic mass is 35.5. The summed E-state index contributed by atoms with van der Waals surface area (Å²) in [7, 11) is 0. The van der Waals surface area contributed by atoms with E-state index in [2.05, 4.69) is 4.98 Å². The molecule has 1 unspecified atom stereocenters. The lowest BCUT2D eigenvalue weighted by molar-refractivity contribution is -0.132. The molecule has 7 nitrogen and oxygen atoms in total. The van der Waals surface area contributed by atoms with E-state index in [1.807, 2.05) is 26.0 Å². The molecule has 0 spiro atoms. The van der Waals surface area contributed by atoms with Gasteiger partial charge in [-0.25, -0.2) is 9.78 Å². The molecule has 2 aromatic carbocycles. The summed E-state index contributed by atoms with van der Waals surface area (Å²) in [4.78, 5) is 44.9. The minimum absolute atomic E-state index is 0.0587. The summed E-state index contributed by atoms with van der Waals surface area (Å²) < 4.78 is 5.10. The van der Waals surface area contributed by atoms with Crippen LogP contribution in [0.3, 0.4) is 0 Å². The molecular weight excluding hydrogens is 488 g/mol. The minimum Gasteiger partial charge on any atom is -0.507 e. The van der Waals surface area contributed by atoms with Gasteiger partial charge in [0.2, 0.25) is 0 Å². The zero-order chi connectivity index (χ0) is 25.4. The van der Waals surface area contributed by atoms with E-state index in [4.69, 9.17) is 16.3 Å². The third-order valence-electron chi connectivity index (χ3n) is 5.73. The van der Waals surface area contributed by atoms with Crippen molar-refractivity contribution in [2.75, 3.05) is 11.5 Å². The van der Waals surface area contributed by atoms with E-state index in [0.717, 1.165) is 22.5 Å². The molecule has 9 heteroatoms. The number of hydrogen-bond donors (Lipinski definition) is 1. The van der Waals surface area contributed by atoms with Crippen LogP contribution in [0.4, 0.5) is 5.13 Å². The van der Waals surface area contributed by atoms with Crippen molar-refractivity contribution in [3.8, 4) is 0 Å². The molecule has 1 amide bonds. The van der Waals surface area contributed by atoms with Crippen LogP contribution in [0.2, 0.25) is 5.02 Å². The Kier molecular flexibility index (Phi) is 6.78. The number of esters is 1. The molecule has 35 heavy (non-hydrogen) atoms. The molecule has 0 aliphatic carbocycles. The predicted octanol–water partition coefficient (Wildman–Crippen LogP) is 5.52. The van der Waals surface area contributed by atoms with Crippen LogP contribution in [0.1, 0.15) is 50.6 Å². The van der Waals surface area contributed by atoms with Crippen molar-refractivity contribution < 1.29 is 24.2 Å². The molecule has 1 atom stereocenters. The number of rotatable bonds is 5. The molecule has 2 heterocycles. The number of anilines is 1. The monoisotopic (exact) mass is 510 g/mol. The smallest absolute Gasteiger partial charge is 0.350 e. The Bertz CT molecular complexity index is 1380. The molecule has 180 valence electrons. The van der Waals surface area contributed by atoms with Crippen LogP contribution in [0.25, 0.3) is 5.76 Å². The molecule has 1 aromatic heterocycles. The van der Waals surface area contributed by atoms with Gasteiger partial charge in [-0.1, -0.05) is 52.8 Å². The highest BCUT2D eigenvalue weighted by molar-refractivity contribution is 7.17. The molecule has 1 fully saturated rings. The fourth-order valence-electron chi connectivity index (χ4n) is 4.00. The summed E-state index contributed by atoms with van der Waals surface area (Å²) in [5.74, 6) is -2.51. The molecule has 0 saturated carbocycles. The standard InChI is InChI=1S/C26H23ClN2O5S/c1-5-34-25(33)23-15(4)28-26(35-23)29-20(16-8-10-17(27)11-9-16)19(22(31)24(29)32)21(30)18-12-13(2)6-7-14(18)3/h6-12,20,30H,5H2,1-4H3/b21-19+. The number of Topliss-reactive ketones (excluding diaryl/α,β-unsaturated/α-hetero) is 1. The third kappa shape index (κ3) is 4.47. The van der Waals surface area contributed by atoms with Gasteiger partial charge < -0.3 is 9.84 Å². The average Bonchev–Trinajstić information content (AvgIpc) is 3.33. The SMILES string of the molecule is CCOC(=O)c1sc(N2C(=O)C(=O)/C(=C(/O)c3cc(C)ccc3C)C2c2ccc(Cl)cc2)nc1C. The summed E-state index contributed by atoms with van der Waals surface area (Å²) in [5, 5.41) is 12.0. The summed E-state index contributed by atoms with van der Waals surface area (Å²) in [5.41, 5.74) is 3.00. The number of thiazole rings is 1. The summed E-state index contributed by atoms with van der Waals surface area (Å²) in [6.07, 6.45) is 0. The van der Waals surface area contributed by atoms with Gasteiger partial charge in [0.05, 0.1) is 23.9 Å². The number of amides is 1. The predicted molar refractivity (Wildman–Crippen MR) is 135 cm³/mol. The molecule has 3 aromatic rings. The quantitative estimate of drug-likeness (QED) is 0.210. The summed E-state index contributed by atoms with van der Waals surface area (Å²) in [6.45, 7) is 7.22. The Labute approximate surface area is 211 Å². The average molecular weight is 511 g/mol. The lowest BCUT2D eigenvalue weighted by Crippen LogP contribution is -2.29. The Morgan fingerprint density at radius 2 is 1.83 bits per heavy atom. The van der Waals surface area contributed by atoms with Crippen LogP contribution in [-0.2, 0) is 14.3 Å². The first-order chi connectivity index (χ1) is 16.6. The number of ether oxygens (including phenoxy) is 1. The molecule has 0 bridgehead atoms. The summed E-state index contributed by atoms with van der Waals surface area (Å²) in [6, 6.07) is 11.2. The van der Waals surface area contributed by atoms with Gasteiger partial charge in [-0.05, 0) is 57.0 Å². The zero-order valence-corrected chi connectivity index (χ0v) is 21.2. The number of benzene rings is 2. The maximum atomic E-state index is 13.3. The molecule has 4 rings (SSSR count). The van der Waals surface area contributed by atoms with Crippen LogP contribution in [0.5, 0.6) is 0 Å². The van der Waals surface area contributed by atoms with E-state index in [1.54, 1.807) is 44.2 Å². The Balaban J connectivity index is 1.94. The lowest BCUT2D eigenvalue weighted by Gasteiger charge is -2.23. The second kappa shape index (κ2) is 9.64. The third-order valence-corrected chi connectivity index (χ3v) is 7.12. The molecule has 1 saturated heterocycles. The van der Waals surface area contributed by atoms with E-state index in [0.29, 0.717) is 21.8 Å². The van der Waals surface area contributed by atoms with Gasteiger partial charge in [0.1, 0.15) is 10.6 Å². The van der Waals surface area contributed by atoms with Gasteiger partial charge in [0, 0.05) is 10.6 Å². The number of carbonyl (C=O) groups excluding carboxylic acids is 3. The van der Waals surface area contributed by atoms with Gasteiger partial charge in [0.25, 0.3) is 5.78 Å². The fraction of sp³-hybridized carbons (Fsp3) is 0.231. The van der Waals surface area contributed by atoms with E-state index in [1.165, 1.54) is 4.90 Å². The molecule has 0 radical (unpaired) electrons. The number of carbonyl (C=O) groups is 3. The van der Waals surface area contributed by atoms with Gasteiger partial charge in [-0.3, -0.25) is 14.5 Å². The van der Waals surface area contributed by atoms with Crippen molar-refractivity contribution >= 4 is 51.5 Å². The number of aryl methyl sites for hydroxylation is 3. The first-order valence-corrected chi connectivity index (χ1v) is 12.1. The number of halogens is 1. The second-order valence-electron chi connectivity index (χ2n) is 8.17. The first-order valence-electron chi connectivity index (χ1n) is 10.9. The number of hydrogen-bond acceptors (Lipinski definition) is 7. The largest absolute Gasteiger partial charge is 0.507 e. The van der Waals surface area contributed by atoms with Gasteiger partial charge in [0.15, 0.2) is 5.13 Å². The number of nitrogens with zero attached hydrogens (tertiary/aromatic N) is 2. The normalized spacial score (nSPS) is 17.2. The van der Waals surface area contributed by atoms with Crippen molar-refractivity contribution in [3.63, 3.8) is 0 Å². The van der Waals surface area contributed by atoms with Crippen molar-refractivity contribution in [2.45, 2.75) is 33.7 Å². The Morgan fingerprint density at radius 1 is 1.14 bits per heavy atom. The van der Waals surface area contributed by atoms with Crippen molar-refractivity contribution in [1.82, 2.24) is 4.98 Å². The number of ketones is 1. The topological polar surface area (TPSA) is 96.8 Å². The number of aliphatic hydroxyl groups excluding tert-OH is 1. The van der Waals surface area contributed by atoms with Crippen molar-refractivity contribution in [3.05, 3.63) is 85.9 Å². The van der Waals surface area contributed by atoms with E-state index >= 15 is 0 Å². The van der Waals surface area contributed by atoms with Gasteiger partial charge in [-0.2, -0.15) is 0 Å². The number of aliphatic hydroxyl groups is 1. The van der Waals surface area contributed by atoms with Crippen LogP contribution in [0, 0.1) is 20.8 Å². The van der Waals surface area contributed by atoms with Gasteiger partial charge >= 0.3 is 11.9 Å². The first kappa shape index (κ1) is 24.6. The number of aromatic nitrogens is 1. The summed E-state index contributed by atoms with van der Waals surface area (Å²) >= 11 is 7.04. The second-order valence-corrected chi connectivity index (χ2v) is 9.58. The zero-order valence-electron chi connectivity index (χ0n) is 19.6. The van der Waals surface area contributed by atoms with E-state index in [-0.39, 0.29) is 27.9 Å². The molecule has 1 N–H and O–H groups in total. The van der Waals surface area contributed by atoms with Crippen LogP contribution >= 0.6 is 22.9 Å². The van der Waals surface area contributed by atoms with Gasteiger partial charge in [-0.15, -0.1) is 0 Å². The van der Waals surface area contributed by atoms with Crippen LogP contribution in [-0.4, -0.2) is 34.4 Å². The Morgan fingerprint density at radius 3 is 2.49 bits per heavy atom. The molecular formula is C26H23ClN2O5S. The van der Waals surface area contributed by atoms with Crippen molar-refractivity contribution in [1.29, 1.82) is 0 Å². The molecule has 1 aliphatic rings. The maximum Gasteiger partial charge on any atom is 0.350 e. The fourth-order valence-corrected chi connectivity index (χ4v) is 5.11. The van der Waals surface area contributed by atoms with Crippen molar-refractivity contribution in [2.24, 2.45) is 0 Å². The van der Waals surface area contributed by atoms with Crippen LogP contribution in [0.15, 0.2) is 48.0 Å². The van der Waals surface area contributed by atoms with E-state index in [9.17, 15) is 19.5 Å². The lowest BCUT2D eigenvalue weighted by atomic mass is 9.93. The minimum atomic E-state index is -0.965. The molecule has 1 aliphatic heterocycles. The maximum absolute atomic E-state index is 13.3. The van der Waals surface area contributed by atoms with Crippen LogP contribution < -0.4 is 4.90 Å². The highest BCUT2D eigenvalue weighted by Gasteiger charge is 2.48. The highest BCUT2D eigenvalue weighted by Crippen LogP contribution is 2.44. The Hall–Kier alpha value is -3.49. The van der Waals surface area contributed by atoms with E-state index < -0.39 is 23.7 Å².